The highest BCUT2D eigenvalue weighted by atomic mass is 14.9. The molecular weight excluding hydrogens is 208 g/mol. The molecule has 17 heavy (non-hydrogen) atoms. The molecule has 0 heterocycles. The fraction of sp³-hybridized carbons (Fsp3) is 0.600. The number of rotatable bonds is 5. The van der Waals surface area contributed by atoms with Crippen molar-refractivity contribution >= 4 is 0 Å². The lowest BCUT2D eigenvalue weighted by Gasteiger charge is -2.21. The Morgan fingerprint density at radius 1 is 1.35 bits per heavy atom. The lowest BCUT2D eigenvalue weighted by atomic mass is 9.96. The molecule has 2 rings (SSSR count). The fourth-order valence-electron chi connectivity index (χ4n) is 2.66. The van der Waals surface area contributed by atoms with E-state index >= 15 is 0 Å². The molecule has 0 amide bonds. The lowest BCUT2D eigenvalue weighted by molar-refractivity contribution is 0.508. The highest BCUT2D eigenvalue weighted by molar-refractivity contribution is 5.36. The molecule has 0 spiro atoms. The summed E-state index contributed by atoms with van der Waals surface area (Å²) in [5.41, 5.74) is 10.0. The van der Waals surface area contributed by atoms with Crippen molar-refractivity contribution in [1.29, 1.82) is 0 Å². The highest BCUT2D eigenvalue weighted by Gasteiger charge is 2.32. The molecule has 0 aromatic heterocycles. The van der Waals surface area contributed by atoms with Gasteiger partial charge in [-0.05, 0) is 55.3 Å². The minimum atomic E-state index is 0.309. The molecule has 3 unspecified atom stereocenters. The van der Waals surface area contributed by atoms with Crippen LogP contribution in [0.3, 0.4) is 0 Å². The van der Waals surface area contributed by atoms with E-state index in [0.717, 1.165) is 18.4 Å². The average molecular weight is 232 g/mol. The van der Waals surface area contributed by atoms with Crippen molar-refractivity contribution in [2.75, 3.05) is 13.1 Å². The fourth-order valence-corrected chi connectivity index (χ4v) is 2.66. The van der Waals surface area contributed by atoms with Gasteiger partial charge in [0.15, 0.2) is 0 Å². The molecular formula is C15H24N2. The number of nitrogens with two attached hydrogens (primary N) is 1. The third kappa shape index (κ3) is 2.88. The number of hydrogen-bond acceptors (Lipinski definition) is 2. The summed E-state index contributed by atoms with van der Waals surface area (Å²) in [5, 5.41) is 3.63. The van der Waals surface area contributed by atoms with Gasteiger partial charge in [0.25, 0.3) is 0 Å². The van der Waals surface area contributed by atoms with Gasteiger partial charge in [-0.1, -0.05) is 25.1 Å². The monoisotopic (exact) mass is 232 g/mol. The quantitative estimate of drug-likeness (QED) is 0.819. The Bertz CT molecular complexity index is 366. The zero-order chi connectivity index (χ0) is 12.4. The Labute approximate surface area is 105 Å². The van der Waals surface area contributed by atoms with Crippen molar-refractivity contribution in [3.63, 3.8) is 0 Å². The molecule has 2 nitrogen and oxygen atoms in total. The molecule has 94 valence electrons. The van der Waals surface area contributed by atoms with Crippen LogP contribution in [0.1, 0.15) is 36.1 Å². The maximum absolute atomic E-state index is 5.92. The van der Waals surface area contributed by atoms with Crippen LogP contribution >= 0.6 is 0 Å². The molecule has 2 heteroatoms. The van der Waals surface area contributed by atoms with E-state index in [1.165, 1.54) is 23.1 Å². The SMILES string of the molecule is Cc1cccc(C)c1C(CN)NCC1CC1C. The molecule has 1 fully saturated rings. The van der Waals surface area contributed by atoms with E-state index in [1.807, 2.05) is 0 Å². The summed E-state index contributed by atoms with van der Waals surface area (Å²) in [6, 6.07) is 6.77. The van der Waals surface area contributed by atoms with Crippen LogP contribution in [0, 0.1) is 25.7 Å². The van der Waals surface area contributed by atoms with Crippen LogP contribution in [0.5, 0.6) is 0 Å². The second-order valence-corrected chi connectivity index (χ2v) is 5.48. The summed E-state index contributed by atoms with van der Waals surface area (Å²) < 4.78 is 0. The van der Waals surface area contributed by atoms with Crippen molar-refractivity contribution in [3.8, 4) is 0 Å². The van der Waals surface area contributed by atoms with E-state index in [4.69, 9.17) is 5.73 Å². The number of benzene rings is 1. The van der Waals surface area contributed by atoms with Gasteiger partial charge in [-0.2, -0.15) is 0 Å². The second kappa shape index (κ2) is 5.19. The first-order chi connectivity index (χ1) is 8.13. The van der Waals surface area contributed by atoms with Gasteiger partial charge in [-0.3, -0.25) is 0 Å². The number of hydrogen-bond donors (Lipinski definition) is 2. The minimum absolute atomic E-state index is 0.309. The molecule has 1 aliphatic rings. The summed E-state index contributed by atoms with van der Waals surface area (Å²) in [6.07, 6.45) is 1.37. The topological polar surface area (TPSA) is 38.0 Å². The third-order valence-corrected chi connectivity index (χ3v) is 4.03. The normalized spacial score (nSPS) is 24.7. The van der Waals surface area contributed by atoms with Crippen LogP contribution in [-0.4, -0.2) is 13.1 Å². The molecule has 1 aromatic rings. The van der Waals surface area contributed by atoms with Crippen molar-refractivity contribution < 1.29 is 0 Å². The standard InChI is InChI=1S/C15H24N2/c1-10-5-4-6-11(2)15(10)14(8-16)17-9-13-7-12(13)3/h4-6,12-14,17H,7-9,16H2,1-3H3. The summed E-state index contributed by atoms with van der Waals surface area (Å²) in [4.78, 5) is 0. The van der Waals surface area contributed by atoms with E-state index in [-0.39, 0.29) is 0 Å². The molecule has 0 radical (unpaired) electrons. The van der Waals surface area contributed by atoms with Crippen molar-refractivity contribution in [2.45, 2.75) is 33.2 Å². The molecule has 3 atom stereocenters. The van der Waals surface area contributed by atoms with Gasteiger partial charge in [0.1, 0.15) is 0 Å². The maximum Gasteiger partial charge on any atom is 0.0449 e. The Hall–Kier alpha value is -0.860. The average Bonchev–Trinajstić information content (AvgIpc) is 2.99. The predicted molar refractivity (Wildman–Crippen MR) is 73.0 cm³/mol. The largest absolute Gasteiger partial charge is 0.329 e. The van der Waals surface area contributed by atoms with Gasteiger partial charge in [-0.15, -0.1) is 0 Å². The van der Waals surface area contributed by atoms with E-state index in [9.17, 15) is 0 Å². The zero-order valence-electron chi connectivity index (χ0n) is 11.2. The van der Waals surface area contributed by atoms with E-state index in [0.29, 0.717) is 12.6 Å². The Kier molecular flexibility index (Phi) is 3.85. The minimum Gasteiger partial charge on any atom is -0.329 e. The first-order valence-electron chi connectivity index (χ1n) is 6.63. The van der Waals surface area contributed by atoms with Gasteiger partial charge in [0, 0.05) is 12.6 Å². The molecule has 1 aliphatic carbocycles. The Morgan fingerprint density at radius 2 is 1.94 bits per heavy atom. The van der Waals surface area contributed by atoms with E-state index in [1.54, 1.807) is 0 Å². The smallest absolute Gasteiger partial charge is 0.0449 e. The summed E-state index contributed by atoms with van der Waals surface area (Å²) >= 11 is 0. The Balaban J connectivity index is 2.06. The molecule has 1 aromatic carbocycles. The zero-order valence-corrected chi connectivity index (χ0v) is 11.2. The summed E-state index contributed by atoms with van der Waals surface area (Å²) in [6.45, 7) is 8.45. The number of nitrogens with one attached hydrogen (secondary N) is 1. The van der Waals surface area contributed by atoms with Gasteiger partial charge >= 0.3 is 0 Å². The second-order valence-electron chi connectivity index (χ2n) is 5.48. The van der Waals surface area contributed by atoms with Gasteiger partial charge in [0.2, 0.25) is 0 Å². The van der Waals surface area contributed by atoms with Gasteiger partial charge in [0.05, 0.1) is 0 Å². The summed E-state index contributed by atoms with van der Waals surface area (Å²) in [7, 11) is 0. The van der Waals surface area contributed by atoms with Crippen molar-refractivity contribution in [2.24, 2.45) is 17.6 Å². The van der Waals surface area contributed by atoms with Crippen molar-refractivity contribution in [3.05, 3.63) is 34.9 Å². The molecule has 0 bridgehead atoms. The van der Waals surface area contributed by atoms with Crippen LogP contribution in [0.15, 0.2) is 18.2 Å². The number of aryl methyl sites for hydroxylation is 2. The lowest BCUT2D eigenvalue weighted by Crippen LogP contribution is -2.31. The molecule has 0 saturated heterocycles. The highest BCUT2D eigenvalue weighted by Crippen LogP contribution is 2.37. The third-order valence-electron chi connectivity index (χ3n) is 4.03. The molecule has 3 N–H and O–H groups in total. The van der Waals surface area contributed by atoms with Gasteiger partial charge in [-0.25, -0.2) is 0 Å². The van der Waals surface area contributed by atoms with Crippen LogP contribution in [-0.2, 0) is 0 Å². The van der Waals surface area contributed by atoms with Crippen LogP contribution in [0.4, 0.5) is 0 Å². The Morgan fingerprint density at radius 3 is 2.41 bits per heavy atom. The van der Waals surface area contributed by atoms with E-state index < -0.39 is 0 Å². The van der Waals surface area contributed by atoms with Crippen LogP contribution < -0.4 is 11.1 Å². The molecule has 1 saturated carbocycles. The first-order valence-corrected chi connectivity index (χ1v) is 6.63. The predicted octanol–water partition coefficient (Wildman–Crippen LogP) is 2.55. The van der Waals surface area contributed by atoms with Crippen molar-refractivity contribution in [1.82, 2.24) is 5.32 Å². The van der Waals surface area contributed by atoms with Crippen LogP contribution in [0.2, 0.25) is 0 Å². The molecule has 0 aliphatic heterocycles. The van der Waals surface area contributed by atoms with Crippen LogP contribution in [0.25, 0.3) is 0 Å². The maximum atomic E-state index is 5.92. The van der Waals surface area contributed by atoms with Gasteiger partial charge < -0.3 is 11.1 Å². The summed E-state index contributed by atoms with van der Waals surface area (Å²) in [5.74, 6) is 1.77. The first kappa shape index (κ1) is 12.6. The van der Waals surface area contributed by atoms with E-state index in [2.05, 4.69) is 44.3 Å².